The average molecular weight is 717 g/mol. The van der Waals surface area contributed by atoms with Gasteiger partial charge in [-0.05, 0) is 93.0 Å². The summed E-state index contributed by atoms with van der Waals surface area (Å²) in [7, 11) is 0. The SMILES string of the molecule is C1=C(c2ccccc2)[NH2+]C(c2ccccc2)N=C1c1cccc(-c2ccc3c(c2)-c2ccccc2C32c3ccccc3N(c3ccccc3)c3ccccc32)c1. The normalized spacial score (nSPS) is 15.9. The number of nitrogens with two attached hydrogens (primary N) is 1. The summed E-state index contributed by atoms with van der Waals surface area (Å²) in [5.41, 5.74) is 18.9. The van der Waals surface area contributed by atoms with Crippen molar-refractivity contribution in [3.63, 3.8) is 0 Å². The molecule has 2 aliphatic heterocycles. The maximum Gasteiger partial charge on any atom is 0.211 e. The number of fused-ring (bicyclic) bond motifs is 9. The summed E-state index contributed by atoms with van der Waals surface area (Å²) in [6.07, 6.45) is 2.18. The monoisotopic (exact) mass is 716 g/mol. The highest BCUT2D eigenvalue weighted by atomic mass is 15.2. The van der Waals surface area contributed by atoms with Crippen molar-refractivity contribution in [3.8, 4) is 22.3 Å². The van der Waals surface area contributed by atoms with Crippen LogP contribution in [0.5, 0.6) is 0 Å². The molecule has 1 atom stereocenters. The zero-order valence-electron chi connectivity index (χ0n) is 30.8. The molecule has 264 valence electrons. The summed E-state index contributed by atoms with van der Waals surface area (Å²) >= 11 is 0. The third-order valence-corrected chi connectivity index (χ3v) is 11.8. The fourth-order valence-electron chi connectivity index (χ4n) is 9.38. The number of aliphatic imine (C=N–C) groups is 1. The Bertz CT molecular complexity index is 2790. The van der Waals surface area contributed by atoms with Crippen LogP contribution in [0.3, 0.4) is 0 Å². The first-order chi connectivity index (χ1) is 27.8. The molecule has 3 heteroatoms. The predicted molar refractivity (Wildman–Crippen MR) is 229 cm³/mol. The summed E-state index contributed by atoms with van der Waals surface area (Å²) in [6, 6.07) is 75.1. The van der Waals surface area contributed by atoms with Crippen molar-refractivity contribution < 1.29 is 5.32 Å². The Morgan fingerprint density at radius 2 is 0.982 bits per heavy atom. The molecule has 8 aromatic carbocycles. The lowest BCUT2D eigenvalue weighted by atomic mass is 9.64. The first kappa shape index (κ1) is 32.4. The zero-order valence-corrected chi connectivity index (χ0v) is 30.8. The first-order valence-electron chi connectivity index (χ1n) is 19.4. The van der Waals surface area contributed by atoms with E-state index < -0.39 is 5.41 Å². The van der Waals surface area contributed by atoms with Gasteiger partial charge in [-0.15, -0.1) is 0 Å². The summed E-state index contributed by atoms with van der Waals surface area (Å²) in [6.45, 7) is 0. The Morgan fingerprint density at radius 1 is 0.429 bits per heavy atom. The molecule has 1 spiro atoms. The maximum absolute atomic E-state index is 5.33. The van der Waals surface area contributed by atoms with Crippen molar-refractivity contribution >= 4 is 28.5 Å². The first-order valence-corrected chi connectivity index (χ1v) is 19.4. The van der Waals surface area contributed by atoms with Crippen LogP contribution in [0.1, 0.15) is 45.1 Å². The van der Waals surface area contributed by atoms with E-state index in [0.29, 0.717) is 0 Å². The molecule has 1 unspecified atom stereocenters. The number of anilines is 3. The van der Waals surface area contributed by atoms with Gasteiger partial charge >= 0.3 is 0 Å². The van der Waals surface area contributed by atoms with Crippen molar-refractivity contribution in [3.05, 3.63) is 251 Å². The smallest absolute Gasteiger partial charge is 0.211 e. The quantitative estimate of drug-likeness (QED) is 0.189. The molecule has 0 fully saturated rings. The molecule has 8 aromatic rings. The van der Waals surface area contributed by atoms with Gasteiger partial charge in [0, 0.05) is 28.5 Å². The lowest BCUT2D eigenvalue weighted by Crippen LogP contribution is -2.82. The second kappa shape index (κ2) is 13.1. The fraction of sp³-hybridized carbons (Fsp3) is 0.0377. The fourth-order valence-corrected chi connectivity index (χ4v) is 9.38. The molecular weight excluding hydrogens is 679 g/mol. The van der Waals surface area contributed by atoms with Crippen molar-refractivity contribution in [2.24, 2.45) is 4.99 Å². The van der Waals surface area contributed by atoms with Crippen LogP contribution in [0.2, 0.25) is 0 Å². The number of quaternary nitrogens is 1. The Kier molecular flexibility index (Phi) is 7.54. The number of allylic oxidation sites excluding steroid dienone is 1. The number of hydrogen-bond donors (Lipinski definition) is 1. The third kappa shape index (κ3) is 4.98. The minimum absolute atomic E-state index is 0.0678. The molecule has 56 heavy (non-hydrogen) atoms. The van der Waals surface area contributed by atoms with Crippen molar-refractivity contribution in [1.29, 1.82) is 0 Å². The highest BCUT2D eigenvalue weighted by Crippen LogP contribution is 2.63. The molecule has 2 N–H and O–H groups in total. The van der Waals surface area contributed by atoms with Gasteiger partial charge in [-0.1, -0.05) is 158 Å². The lowest BCUT2D eigenvalue weighted by Gasteiger charge is -2.45. The largest absolute Gasteiger partial charge is 0.310 e. The number of hydrogen-bond acceptors (Lipinski definition) is 2. The van der Waals surface area contributed by atoms with E-state index in [-0.39, 0.29) is 6.17 Å². The lowest BCUT2D eigenvalue weighted by molar-refractivity contribution is -0.609. The van der Waals surface area contributed by atoms with Crippen molar-refractivity contribution in [1.82, 2.24) is 0 Å². The van der Waals surface area contributed by atoms with Gasteiger partial charge < -0.3 is 4.90 Å². The molecule has 0 aromatic heterocycles. The van der Waals surface area contributed by atoms with E-state index in [4.69, 9.17) is 4.99 Å². The summed E-state index contributed by atoms with van der Waals surface area (Å²) in [4.78, 5) is 7.76. The zero-order chi connectivity index (χ0) is 37.1. The molecule has 0 saturated heterocycles. The molecule has 0 bridgehead atoms. The average Bonchev–Trinajstić information content (AvgIpc) is 3.57. The van der Waals surface area contributed by atoms with Crippen LogP contribution in [-0.4, -0.2) is 5.71 Å². The predicted octanol–water partition coefficient (Wildman–Crippen LogP) is 11.6. The second-order valence-corrected chi connectivity index (χ2v) is 14.8. The van der Waals surface area contributed by atoms with Gasteiger partial charge in [0.25, 0.3) is 0 Å². The Balaban J connectivity index is 1.06. The van der Waals surface area contributed by atoms with Crippen LogP contribution in [0.25, 0.3) is 28.0 Å². The highest BCUT2D eigenvalue weighted by molar-refractivity contribution is 6.12. The van der Waals surface area contributed by atoms with E-state index in [1.807, 2.05) is 0 Å². The van der Waals surface area contributed by atoms with Gasteiger partial charge in [-0.25, -0.2) is 4.99 Å². The topological polar surface area (TPSA) is 32.2 Å². The molecule has 2 heterocycles. The maximum atomic E-state index is 5.33. The summed E-state index contributed by atoms with van der Waals surface area (Å²) in [5, 5.41) is 2.28. The Labute approximate surface area is 327 Å². The van der Waals surface area contributed by atoms with Gasteiger partial charge in [0.15, 0.2) is 0 Å². The molecule has 11 rings (SSSR count). The standard InChI is InChI=1S/C53H37N3/c1-4-17-36(18-5-1)48-35-49(55-52(54-48)37-19-6-2-7-20-37)40-22-16-21-38(33-40)39-31-32-45-43(34-39)42-25-10-11-26-44(42)53(45)46-27-12-14-29-50(46)56(41-23-8-3-9-24-41)51-30-15-13-28-47(51)53/h1-35,52,54H/p+1. The minimum Gasteiger partial charge on any atom is -0.310 e. The summed E-state index contributed by atoms with van der Waals surface area (Å²) < 4.78 is 0. The van der Waals surface area contributed by atoms with E-state index in [1.54, 1.807) is 0 Å². The Hall–Kier alpha value is -7.07. The van der Waals surface area contributed by atoms with E-state index >= 15 is 0 Å². The molecule has 3 aliphatic rings. The van der Waals surface area contributed by atoms with E-state index in [1.165, 1.54) is 72.7 Å². The number of para-hydroxylation sites is 3. The van der Waals surface area contributed by atoms with Gasteiger partial charge in [0.2, 0.25) is 6.17 Å². The molecule has 0 radical (unpaired) electrons. The summed E-state index contributed by atoms with van der Waals surface area (Å²) in [5.74, 6) is 0. The van der Waals surface area contributed by atoms with Crippen LogP contribution < -0.4 is 10.2 Å². The van der Waals surface area contributed by atoms with E-state index in [9.17, 15) is 0 Å². The van der Waals surface area contributed by atoms with Crippen LogP contribution in [0.15, 0.2) is 217 Å². The number of nitrogens with zero attached hydrogens (tertiary/aromatic N) is 2. The van der Waals surface area contributed by atoms with E-state index in [0.717, 1.165) is 17.0 Å². The third-order valence-electron chi connectivity index (χ3n) is 11.8. The Morgan fingerprint density at radius 3 is 1.71 bits per heavy atom. The minimum atomic E-state index is -0.469. The van der Waals surface area contributed by atoms with Crippen LogP contribution in [0, 0.1) is 0 Å². The highest BCUT2D eigenvalue weighted by Gasteiger charge is 2.51. The molecule has 3 nitrogen and oxygen atoms in total. The van der Waals surface area contributed by atoms with Crippen molar-refractivity contribution in [2.75, 3.05) is 4.90 Å². The second-order valence-electron chi connectivity index (χ2n) is 14.8. The van der Waals surface area contributed by atoms with Crippen molar-refractivity contribution in [2.45, 2.75) is 11.6 Å². The van der Waals surface area contributed by atoms with Gasteiger partial charge in [-0.2, -0.15) is 0 Å². The van der Waals surface area contributed by atoms with Crippen LogP contribution in [-0.2, 0) is 5.41 Å². The number of rotatable bonds is 5. The molecule has 1 aliphatic carbocycles. The van der Waals surface area contributed by atoms with Crippen LogP contribution in [0.4, 0.5) is 17.1 Å². The van der Waals surface area contributed by atoms with Gasteiger partial charge in [0.05, 0.1) is 22.5 Å². The van der Waals surface area contributed by atoms with Crippen LogP contribution >= 0.6 is 0 Å². The van der Waals surface area contributed by atoms with Gasteiger partial charge in [0.1, 0.15) is 5.70 Å². The van der Waals surface area contributed by atoms with Gasteiger partial charge in [-0.3, -0.25) is 5.32 Å². The molecular formula is C53H38N3+. The van der Waals surface area contributed by atoms with E-state index in [2.05, 4.69) is 223 Å². The molecule has 0 amide bonds. The number of benzene rings is 8. The molecule has 0 saturated carbocycles.